The Morgan fingerprint density at radius 3 is 2.56 bits per heavy atom. The molecule has 3 aromatic carbocycles. The zero-order valence-electron chi connectivity index (χ0n) is 18.6. The molecule has 0 spiro atoms. The van der Waals surface area contributed by atoms with Gasteiger partial charge in [-0.25, -0.2) is 4.98 Å². The lowest BCUT2D eigenvalue weighted by atomic mass is 10.0. The van der Waals surface area contributed by atoms with Gasteiger partial charge in [0.2, 0.25) is 5.91 Å². The van der Waals surface area contributed by atoms with Gasteiger partial charge < -0.3 is 10.3 Å². The van der Waals surface area contributed by atoms with E-state index in [0.717, 1.165) is 16.8 Å². The van der Waals surface area contributed by atoms with Crippen molar-refractivity contribution < 1.29 is 14.4 Å². The third-order valence-electron chi connectivity index (χ3n) is 5.77. The number of hydrogen-bond acceptors (Lipinski definition) is 4. The first kappa shape index (κ1) is 25.6. The first-order valence-electron chi connectivity index (χ1n) is 10.7. The largest absolute Gasteiger partial charge is 0.350 e. The van der Waals surface area contributed by atoms with Crippen LogP contribution in [-0.2, 0) is 16.1 Å². The minimum atomic E-state index is -1.05. The van der Waals surface area contributed by atoms with Crippen LogP contribution in [0.2, 0.25) is 5.02 Å². The molecule has 36 heavy (non-hydrogen) atoms. The maximum atomic E-state index is 13.6. The standard InChI is InChI=1S/C26H18BrClN4O3.ClH/c27-18-8-9-22-20(11-18)24(33)26(35)32(22)23(25(34)30-12-15-2-1-3-19(28)10-15)17-6-4-16(5-7-17)21-13-29-14-31-21;/h1-11,13-14,23H,12H2,(H,29,31)(H,30,34);1H. The molecule has 2 amide bonds. The molecule has 2 heterocycles. The Hall–Kier alpha value is -3.46. The van der Waals surface area contributed by atoms with Crippen LogP contribution in [0.3, 0.4) is 0 Å². The van der Waals surface area contributed by atoms with Gasteiger partial charge in [-0.3, -0.25) is 19.3 Å². The lowest BCUT2D eigenvalue weighted by Crippen LogP contribution is -2.43. The monoisotopic (exact) mass is 584 g/mol. The molecule has 7 nitrogen and oxygen atoms in total. The molecule has 0 aliphatic carbocycles. The summed E-state index contributed by atoms with van der Waals surface area (Å²) in [5, 5.41) is 3.45. The van der Waals surface area contributed by atoms with Gasteiger partial charge in [0.25, 0.3) is 11.7 Å². The number of carbonyl (C=O) groups excluding carboxylic acids is 3. The number of ketones is 1. The van der Waals surface area contributed by atoms with Gasteiger partial charge in [-0.1, -0.05) is 63.9 Å². The van der Waals surface area contributed by atoms with Crippen molar-refractivity contribution in [1.29, 1.82) is 0 Å². The number of nitrogens with one attached hydrogen (secondary N) is 2. The number of aromatic nitrogens is 2. The Kier molecular flexibility index (Phi) is 7.59. The number of Topliss-reactive ketones (excluding diaryl/α,β-unsaturated/α-hetero) is 1. The van der Waals surface area contributed by atoms with Crippen LogP contribution in [0.1, 0.15) is 27.5 Å². The third-order valence-corrected chi connectivity index (χ3v) is 6.50. The van der Waals surface area contributed by atoms with Crippen LogP contribution in [0.15, 0.2) is 83.7 Å². The Balaban J connectivity index is 0.00000304. The van der Waals surface area contributed by atoms with E-state index in [4.69, 9.17) is 11.6 Å². The summed E-state index contributed by atoms with van der Waals surface area (Å²) in [5.74, 6) is -1.82. The van der Waals surface area contributed by atoms with Crippen molar-refractivity contribution in [2.45, 2.75) is 12.6 Å². The number of imidazole rings is 1. The smallest absolute Gasteiger partial charge is 0.300 e. The van der Waals surface area contributed by atoms with Gasteiger partial charge in [0.1, 0.15) is 6.04 Å². The minimum absolute atomic E-state index is 0. The summed E-state index contributed by atoms with van der Waals surface area (Å²) in [5.41, 5.74) is 3.72. The fourth-order valence-corrected chi connectivity index (χ4v) is 4.67. The molecule has 1 aromatic heterocycles. The molecule has 0 saturated carbocycles. The maximum Gasteiger partial charge on any atom is 0.300 e. The Morgan fingerprint density at radius 2 is 1.86 bits per heavy atom. The van der Waals surface area contributed by atoms with Gasteiger partial charge in [-0.2, -0.15) is 0 Å². The SMILES string of the molecule is Cl.O=C1C(=O)N(C(C(=O)NCc2cccc(Cl)c2)c2ccc(-c3cnc[nH]3)cc2)c2ccc(Br)cc21. The molecule has 1 unspecified atom stereocenters. The van der Waals surface area contributed by atoms with Gasteiger partial charge in [0, 0.05) is 16.0 Å². The van der Waals surface area contributed by atoms with Crippen LogP contribution in [0.5, 0.6) is 0 Å². The highest BCUT2D eigenvalue weighted by atomic mass is 79.9. The van der Waals surface area contributed by atoms with Crippen molar-refractivity contribution in [2.24, 2.45) is 0 Å². The average Bonchev–Trinajstić information content (AvgIpc) is 3.47. The quantitative estimate of drug-likeness (QED) is 0.292. The molecular formula is C26H19BrCl2N4O3. The van der Waals surface area contributed by atoms with Crippen LogP contribution in [-0.4, -0.2) is 27.6 Å². The van der Waals surface area contributed by atoms with Gasteiger partial charge in [-0.05, 0) is 47.0 Å². The number of carbonyl (C=O) groups is 3. The minimum Gasteiger partial charge on any atom is -0.350 e. The Morgan fingerprint density at radius 1 is 1.08 bits per heavy atom. The zero-order chi connectivity index (χ0) is 24.5. The maximum absolute atomic E-state index is 13.6. The van der Waals surface area contributed by atoms with E-state index < -0.39 is 23.6 Å². The molecule has 0 radical (unpaired) electrons. The Bertz CT molecular complexity index is 1440. The second-order valence-electron chi connectivity index (χ2n) is 8.00. The van der Waals surface area contributed by atoms with E-state index in [1.165, 1.54) is 4.90 Å². The van der Waals surface area contributed by atoms with E-state index >= 15 is 0 Å². The predicted octanol–water partition coefficient (Wildman–Crippen LogP) is 5.50. The first-order valence-corrected chi connectivity index (χ1v) is 11.9. The first-order chi connectivity index (χ1) is 16.9. The summed E-state index contributed by atoms with van der Waals surface area (Å²) < 4.78 is 0.671. The normalized spacial score (nSPS) is 13.2. The van der Waals surface area contributed by atoms with Crippen molar-refractivity contribution in [1.82, 2.24) is 15.3 Å². The highest BCUT2D eigenvalue weighted by molar-refractivity contribution is 9.10. The molecule has 1 aliphatic heterocycles. The molecule has 10 heteroatoms. The summed E-state index contributed by atoms with van der Waals surface area (Å²) in [6, 6.07) is 18.3. The predicted molar refractivity (Wildman–Crippen MR) is 143 cm³/mol. The fourth-order valence-electron chi connectivity index (χ4n) is 4.10. The number of nitrogens with zero attached hydrogens (tertiary/aromatic N) is 2. The number of benzene rings is 3. The number of fused-ring (bicyclic) bond motifs is 1. The Labute approximate surface area is 226 Å². The molecule has 2 N–H and O–H groups in total. The summed E-state index contributed by atoms with van der Waals surface area (Å²) >= 11 is 9.42. The molecule has 0 fully saturated rings. The second kappa shape index (κ2) is 10.7. The van der Waals surface area contributed by atoms with E-state index in [1.54, 1.807) is 61.1 Å². The number of anilines is 1. The van der Waals surface area contributed by atoms with Crippen molar-refractivity contribution in [3.05, 3.63) is 105 Å². The van der Waals surface area contributed by atoms with Crippen LogP contribution in [0.25, 0.3) is 11.3 Å². The average molecular weight is 586 g/mol. The molecule has 4 aromatic rings. The van der Waals surface area contributed by atoms with Gasteiger partial charge in [-0.15, -0.1) is 12.4 Å². The van der Waals surface area contributed by atoms with Gasteiger partial charge in [0.05, 0.1) is 29.5 Å². The second-order valence-corrected chi connectivity index (χ2v) is 9.36. The lowest BCUT2D eigenvalue weighted by molar-refractivity contribution is -0.125. The lowest BCUT2D eigenvalue weighted by Gasteiger charge is -2.27. The summed E-state index contributed by atoms with van der Waals surface area (Å²) in [6.07, 6.45) is 3.28. The number of rotatable bonds is 6. The van der Waals surface area contributed by atoms with Crippen LogP contribution < -0.4 is 10.2 Å². The van der Waals surface area contributed by atoms with E-state index in [1.807, 2.05) is 18.2 Å². The van der Waals surface area contributed by atoms with E-state index in [-0.39, 0.29) is 24.5 Å². The molecular weight excluding hydrogens is 567 g/mol. The van der Waals surface area contributed by atoms with Crippen LogP contribution in [0.4, 0.5) is 5.69 Å². The van der Waals surface area contributed by atoms with Crippen molar-refractivity contribution in [3.8, 4) is 11.3 Å². The van der Waals surface area contributed by atoms with Gasteiger partial charge in [0.15, 0.2) is 0 Å². The molecule has 5 rings (SSSR count). The van der Waals surface area contributed by atoms with E-state index in [0.29, 0.717) is 20.7 Å². The molecule has 0 saturated heterocycles. The summed E-state index contributed by atoms with van der Waals surface area (Å²) in [7, 11) is 0. The van der Waals surface area contributed by atoms with Gasteiger partial charge >= 0.3 is 0 Å². The number of aromatic amines is 1. The zero-order valence-corrected chi connectivity index (χ0v) is 21.7. The number of H-pyrrole nitrogens is 1. The molecule has 1 aliphatic rings. The number of amides is 2. The van der Waals surface area contributed by atoms with Crippen molar-refractivity contribution in [3.63, 3.8) is 0 Å². The van der Waals surface area contributed by atoms with Crippen molar-refractivity contribution >= 4 is 63.2 Å². The van der Waals surface area contributed by atoms with Crippen LogP contribution in [0, 0.1) is 0 Å². The fraction of sp³-hybridized carbons (Fsp3) is 0.0769. The van der Waals surface area contributed by atoms with E-state index in [9.17, 15) is 14.4 Å². The van der Waals surface area contributed by atoms with Crippen molar-refractivity contribution in [2.75, 3.05) is 4.90 Å². The molecule has 182 valence electrons. The van der Waals surface area contributed by atoms with E-state index in [2.05, 4.69) is 31.2 Å². The number of halogens is 3. The summed E-state index contributed by atoms with van der Waals surface area (Å²) in [6.45, 7) is 0.214. The van der Waals surface area contributed by atoms with Crippen LogP contribution >= 0.6 is 39.9 Å². The highest BCUT2D eigenvalue weighted by Gasteiger charge is 2.43. The summed E-state index contributed by atoms with van der Waals surface area (Å²) in [4.78, 5) is 47.8. The topological polar surface area (TPSA) is 95.2 Å². The third kappa shape index (κ3) is 4.93. The molecule has 0 bridgehead atoms. The highest BCUT2D eigenvalue weighted by Crippen LogP contribution is 2.38. The number of hydrogen-bond donors (Lipinski definition) is 2. The molecule has 1 atom stereocenters.